The number of ether oxygens (including phenoxy) is 2. The van der Waals surface area contributed by atoms with E-state index in [-0.39, 0.29) is 57.5 Å². The Balaban J connectivity index is 1.21. The third kappa shape index (κ3) is 6.20. The number of phenolic OH excluding ortho intramolecular Hbond substituents is 10. The van der Waals surface area contributed by atoms with Crippen LogP contribution in [0.2, 0.25) is 0 Å². The Morgan fingerprint density at radius 3 is 1.01 bits per heavy atom. The first-order chi connectivity index (χ1) is 32.8. The summed E-state index contributed by atoms with van der Waals surface area (Å²) in [6.07, 6.45) is -1.61. The van der Waals surface area contributed by atoms with Crippen LogP contribution in [0.1, 0.15) is 114 Å². The number of hydrogen-bond donors (Lipinski definition) is 10. The molecule has 0 radical (unpaired) electrons. The molecule has 68 heavy (non-hydrogen) atoms. The largest absolute Gasteiger partial charge is 0.508 e. The molecule has 8 aromatic rings. The first kappa shape index (κ1) is 40.8. The lowest BCUT2D eigenvalue weighted by Crippen LogP contribution is -2.28. The number of benzene rings is 8. The molecule has 0 amide bonds. The van der Waals surface area contributed by atoms with Gasteiger partial charge in [0.05, 0.1) is 11.8 Å². The van der Waals surface area contributed by atoms with Crippen molar-refractivity contribution in [3.8, 4) is 69.0 Å². The van der Waals surface area contributed by atoms with E-state index in [1.165, 1.54) is 12.1 Å². The number of phenols is 10. The molecule has 12 rings (SSSR count). The van der Waals surface area contributed by atoms with Crippen LogP contribution in [0.4, 0.5) is 0 Å². The summed E-state index contributed by atoms with van der Waals surface area (Å²) in [5.74, 6) is -4.30. The Morgan fingerprint density at radius 1 is 0.250 bits per heavy atom. The van der Waals surface area contributed by atoms with Crippen molar-refractivity contribution in [2.24, 2.45) is 0 Å². The summed E-state index contributed by atoms with van der Waals surface area (Å²) < 4.78 is 13.8. The molecule has 338 valence electrons. The lowest BCUT2D eigenvalue weighted by Gasteiger charge is -2.41. The quantitative estimate of drug-likeness (QED) is 0.0753. The molecule has 8 aromatic carbocycles. The van der Waals surface area contributed by atoms with Crippen molar-refractivity contribution < 1.29 is 60.5 Å². The molecular formula is C56H42O12. The highest BCUT2D eigenvalue weighted by atomic mass is 16.5. The van der Waals surface area contributed by atoms with Gasteiger partial charge >= 0.3 is 0 Å². The van der Waals surface area contributed by atoms with E-state index in [4.69, 9.17) is 9.47 Å². The summed E-state index contributed by atoms with van der Waals surface area (Å²) in [6, 6.07) is 38.6. The van der Waals surface area contributed by atoms with Gasteiger partial charge in [-0.05, 0) is 117 Å². The van der Waals surface area contributed by atoms with Crippen molar-refractivity contribution in [3.63, 3.8) is 0 Å². The third-order valence-corrected chi connectivity index (χ3v) is 14.4. The predicted octanol–water partition coefficient (Wildman–Crippen LogP) is 10.4. The molecule has 12 heteroatoms. The van der Waals surface area contributed by atoms with Gasteiger partial charge in [-0.3, -0.25) is 0 Å². The second-order valence-electron chi connectivity index (χ2n) is 18.2. The second kappa shape index (κ2) is 14.9. The van der Waals surface area contributed by atoms with Crippen molar-refractivity contribution in [2.45, 2.75) is 47.7 Å². The Kier molecular flexibility index (Phi) is 8.97. The minimum atomic E-state index is -0.813. The van der Waals surface area contributed by atoms with Crippen LogP contribution in [0.15, 0.2) is 146 Å². The van der Waals surface area contributed by atoms with Gasteiger partial charge in [0.25, 0.3) is 0 Å². The van der Waals surface area contributed by atoms with Gasteiger partial charge in [-0.2, -0.15) is 0 Å². The van der Waals surface area contributed by atoms with E-state index in [0.29, 0.717) is 72.7 Å². The van der Waals surface area contributed by atoms with Crippen LogP contribution in [0.5, 0.6) is 69.0 Å². The average Bonchev–Trinajstić information content (AvgIpc) is 3.95. The van der Waals surface area contributed by atoms with Gasteiger partial charge in [-0.25, -0.2) is 0 Å². The first-order valence-electron chi connectivity index (χ1n) is 22.2. The van der Waals surface area contributed by atoms with Crippen molar-refractivity contribution in [3.05, 3.63) is 212 Å². The van der Waals surface area contributed by atoms with Gasteiger partial charge in [0.1, 0.15) is 81.2 Å². The van der Waals surface area contributed by atoms with E-state index in [0.717, 1.165) is 5.56 Å². The van der Waals surface area contributed by atoms with E-state index >= 15 is 0 Å². The van der Waals surface area contributed by atoms with Gasteiger partial charge in [0.15, 0.2) is 0 Å². The molecular weight excluding hydrogens is 865 g/mol. The maximum atomic E-state index is 12.8. The second-order valence-corrected chi connectivity index (χ2v) is 18.2. The smallest absolute Gasteiger partial charge is 0.135 e. The molecule has 0 spiro atoms. The Morgan fingerprint density at radius 2 is 0.603 bits per heavy atom. The van der Waals surface area contributed by atoms with E-state index < -0.39 is 47.7 Å². The molecule has 2 bridgehead atoms. The maximum Gasteiger partial charge on any atom is 0.135 e. The van der Waals surface area contributed by atoms with Crippen molar-refractivity contribution in [1.82, 2.24) is 0 Å². The molecule has 2 heterocycles. The van der Waals surface area contributed by atoms with Crippen LogP contribution in [0.25, 0.3) is 0 Å². The van der Waals surface area contributed by atoms with Crippen LogP contribution in [-0.4, -0.2) is 51.1 Å². The zero-order valence-electron chi connectivity index (χ0n) is 35.8. The standard InChI is InChI=1S/C56H42O12/c57-31-9-1-25(2-10-31)43-47-39(65)23-41-49(45(29-17-35(61)21-36(62)18-29)55(67-41)27-5-13-33(59)14-6-27)53(47)52-44(26-3-11-32(58)12-4-26)51(43)54-48(52)40(66)24-42-50(54)46(30-19-37(63)22-38(64)20-30)56(68-42)28-7-15-34(60)16-8-28/h1-24,43-46,51-52,55-66H/t43-,44+,45-,46-,51+,52-,55+,56-/m1/s1. The molecule has 0 saturated carbocycles. The van der Waals surface area contributed by atoms with Gasteiger partial charge in [-0.1, -0.05) is 48.5 Å². The summed E-state index contributed by atoms with van der Waals surface area (Å²) in [5, 5.41) is 112. The lowest BCUT2D eigenvalue weighted by atomic mass is 9.60. The monoisotopic (exact) mass is 906 g/mol. The molecule has 0 saturated heterocycles. The van der Waals surface area contributed by atoms with Crippen LogP contribution < -0.4 is 9.47 Å². The van der Waals surface area contributed by atoms with Crippen LogP contribution in [0.3, 0.4) is 0 Å². The van der Waals surface area contributed by atoms with Crippen LogP contribution >= 0.6 is 0 Å². The van der Waals surface area contributed by atoms with Crippen LogP contribution in [0, 0.1) is 0 Å². The van der Waals surface area contributed by atoms with E-state index in [1.54, 1.807) is 121 Å². The fourth-order valence-corrected chi connectivity index (χ4v) is 12.0. The Labute approximate surface area is 388 Å². The molecule has 0 fully saturated rings. The molecule has 12 nitrogen and oxygen atoms in total. The minimum absolute atomic E-state index is 0.0177. The SMILES string of the molecule is Oc1ccc([C@@H]2c3c(O)cc4c(c3[C@H]3c5c(O)cc6c(c5[C@@H]2[C@@H]3c2ccc(O)cc2)[C@@H](c2cc(O)cc(O)c2)[C@@H](c2ccc(O)cc2)O6)[C@@H](c2cc(O)cc(O)c2)[C@H](c2ccc(O)cc2)O4)cc1. The zero-order chi connectivity index (χ0) is 46.9. The van der Waals surface area contributed by atoms with Crippen LogP contribution in [-0.2, 0) is 0 Å². The van der Waals surface area contributed by atoms with Gasteiger partial charge in [0.2, 0.25) is 0 Å². The number of aromatic hydroxyl groups is 10. The summed E-state index contributed by atoms with van der Waals surface area (Å²) in [7, 11) is 0. The summed E-state index contributed by atoms with van der Waals surface area (Å²) in [6.45, 7) is 0. The molecule has 8 atom stereocenters. The van der Waals surface area contributed by atoms with Gasteiger partial charge < -0.3 is 60.5 Å². The minimum Gasteiger partial charge on any atom is -0.508 e. The number of fused-ring (bicyclic) bond motifs is 11. The highest BCUT2D eigenvalue weighted by Crippen LogP contribution is 2.74. The first-order valence-corrected chi connectivity index (χ1v) is 22.2. The highest BCUT2D eigenvalue weighted by molar-refractivity contribution is 5.76. The summed E-state index contributed by atoms with van der Waals surface area (Å²) in [4.78, 5) is 0. The highest BCUT2D eigenvalue weighted by Gasteiger charge is 2.59. The number of rotatable bonds is 6. The molecule has 0 aromatic heterocycles. The molecule has 2 aliphatic heterocycles. The Hall–Kier alpha value is -8.64. The fourth-order valence-electron chi connectivity index (χ4n) is 12.0. The fraction of sp³-hybridized carbons (Fsp3) is 0.143. The van der Waals surface area contributed by atoms with E-state index in [1.807, 2.05) is 12.1 Å². The molecule has 4 aliphatic rings. The van der Waals surface area contributed by atoms with E-state index in [2.05, 4.69) is 0 Å². The van der Waals surface area contributed by atoms with E-state index in [9.17, 15) is 51.1 Å². The van der Waals surface area contributed by atoms with Crippen molar-refractivity contribution >= 4 is 0 Å². The molecule has 10 N–H and O–H groups in total. The average molecular weight is 907 g/mol. The summed E-state index contributed by atoms with van der Waals surface area (Å²) >= 11 is 0. The van der Waals surface area contributed by atoms with Crippen molar-refractivity contribution in [2.75, 3.05) is 0 Å². The zero-order valence-corrected chi connectivity index (χ0v) is 35.8. The summed E-state index contributed by atoms with van der Waals surface area (Å²) in [5.41, 5.74) is 7.46. The normalized spacial score (nSPS) is 22.6. The topological polar surface area (TPSA) is 221 Å². The van der Waals surface area contributed by atoms with Crippen molar-refractivity contribution in [1.29, 1.82) is 0 Å². The molecule has 0 unspecified atom stereocenters. The molecule has 2 aliphatic carbocycles. The Bertz CT molecular complexity index is 3290. The number of hydrogen-bond acceptors (Lipinski definition) is 12. The lowest BCUT2D eigenvalue weighted by molar-refractivity contribution is 0.221. The van der Waals surface area contributed by atoms with Gasteiger partial charge in [-0.15, -0.1) is 0 Å². The predicted molar refractivity (Wildman–Crippen MR) is 248 cm³/mol. The maximum absolute atomic E-state index is 12.8. The third-order valence-electron chi connectivity index (χ3n) is 14.4. The van der Waals surface area contributed by atoms with Gasteiger partial charge in [0, 0.05) is 70.2 Å².